The highest BCUT2D eigenvalue weighted by atomic mass is 16.8. The van der Waals surface area contributed by atoms with Crippen LogP contribution in [-0.4, -0.2) is 41.6 Å². The zero-order valence-corrected chi connectivity index (χ0v) is 14.2. The molecule has 0 saturated carbocycles. The summed E-state index contributed by atoms with van der Waals surface area (Å²) in [6.45, 7) is 8.15. The molecule has 2 saturated heterocycles. The highest BCUT2D eigenvalue weighted by molar-refractivity contribution is 5.20. The molecule has 5 heteroatoms. The van der Waals surface area contributed by atoms with Crippen LogP contribution in [0.3, 0.4) is 0 Å². The Bertz CT molecular complexity index is 527. The van der Waals surface area contributed by atoms with E-state index in [9.17, 15) is 5.11 Å². The van der Waals surface area contributed by atoms with Crippen molar-refractivity contribution in [2.75, 3.05) is 0 Å². The van der Waals surface area contributed by atoms with Crippen LogP contribution in [0, 0.1) is 6.92 Å². The Morgan fingerprint density at radius 3 is 2.57 bits per heavy atom. The van der Waals surface area contributed by atoms with Gasteiger partial charge >= 0.3 is 0 Å². The summed E-state index contributed by atoms with van der Waals surface area (Å²) in [6, 6.07) is 8.21. The predicted molar refractivity (Wildman–Crippen MR) is 84.8 cm³/mol. The lowest BCUT2D eigenvalue weighted by Gasteiger charge is -2.28. The summed E-state index contributed by atoms with van der Waals surface area (Å²) < 4.78 is 23.6. The maximum absolute atomic E-state index is 10.2. The molecule has 1 N–H and O–H groups in total. The molecular weight excluding hydrogens is 296 g/mol. The first-order chi connectivity index (χ1) is 10.9. The second-order valence-electron chi connectivity index (χ2n) is 6.81. The molecule has 2 aliphatic heterocycles. The van der Waals surface area contributed by atoms with E-state index in [1.807, 2.05) is 32.9 Å². The fourth-order valence-electron chi connectivity index (χ4n) is 3.11. The van der Waals surface area contributed by atoms with Gasteiger partial charge in [-0.3, -0.25) is 0 Å². The second-order valence-corrected chi connectivity index (χ2v) is 6.81. The van der Waals surface area contributed by atoms with Crippen molar-refractivity contribution < 1.29 is 24.1 Å². The van der Waals surface area contributed by atoms with E-state index < -0.39 is 24.3 Å². The molecule has 0 aromatic heterocycles. The van der Waals surface area contributed by atoms with Crippen molar-refractivity contribution >= 4 is 0 Å². The molecule has 0 unspecified atom stereocenters. The molecule has 1 aromatic carbocycles. The quantitative estimate of drug-likeness (QED) is 0.903. The fraction of sp³-hybridized carbons (Fsp3) is 0.667. The van der Waals surface area contributed by atoms with Gasteiger partial charge in [0.15, 0.2) is 12.1 Å². The lowest BCUT2D eigenvalue weighted by atomic mass is 10.0. The van der Waals surface area contributed by atoms with Gasteiger partial charge in [-0.1, -0.05) is 36.8 Å². The first-order valence-corrected chi connectivity index (χ1v) is 8.26. The van der Waals surface area contributed by atoms with Crippen molar-refractivity contribution in [2.24, 2.45) is 0 Å². The van der Waals surface area contributed by atoms with E-state index in [4.69, 9.17) is 18.9 Å². The third kappa shape index (κ3) is 3.59. The van der Waals surface area contributed by atoms with E-state index in [0.717, 1.165) is 5.56 Å². The molecular formula is C18H26O5. The highest BCUT2D eigenvalue weighted by Gasteiger charge is 2.56. The number of aryl methyl sites for hydroxylation is 1. The highest BCUT2D eigenvalue weighted by Crippen LogP contribution is 2.40. The summed E-state index contributed by atoms with van der Waals surface area (Å²) in [7, 11) is 0. The number of rotatable bonds is 5. The lowest BCUT2D eigenvalue weighted by molar-refractivity contribution is -0.230. The first-order valence-electron chi connectivity index (χ1n) is 8.26. The normalized spacial score (nSPS) is 33.6. The maximum atomic E-state index is 10.2. The van der Waals surface area contributed by atoms with Crippen LogP contribution in [-0.2, 0) is 25.6 Å². The molecule has 0 amide bonds. The number of fused-ring (bicyclic) bond motifs is 1. The molecule has 2 heterocycles. The maximum Gasteiger partial charge on any atom is 0.190 e. The van der Waals surface area contributed by atoms with Gasteiger partial charge in [0.1, 0.15) is 18.3 Å². The molecule has 5 atom stereocenters. The van der Waals surface area contributed by atoms with Crippen LogP contribution in [0.25, 0.3) is 0 Å². The van der Waals surface area contributed by atoms with Gasteiger partial charge in [0.2, 0.25) is 0 Å². The molecule has 3 rings (SSSR count). The van der Waals surface area contributed by atoms with E-state index >= 15 is 0 Å². The molecule has 0 bridgehead atoms. The van der Waals surface area contributed by atoms with E-state index in [1.165, 1.54) is 5.56 Å². The van der Waals surface area contributed by atoms with Crippen molar-refractivity contribution in [1.82, 2.24) is 0 Å². The van der Waals surface area contributed by atoms with Gasteiger partial charge in [0.25, 0.3) is 0 Å². The monoisotopic (exact) mass is 322 g/mol. The Morgan fingerprint density at radius 1 is 1.22 bits per heavy atom. The minimum atomic E-state index is -0.692. The predicted octanol–water partition coefficient (Wildman–Crippen LogP) is 2.53. The van der Waals surface area contributed by atoms with Gasteiger partial charge in [-0.25, -0.2) is 0 Å². The number of aliphatic hydroxyl groups excluding tert-OH is 1. The van der Waals surface area contributed by atoms with Crippen molar-refractivity contribution in [3.63, 3.8) is 0 Å². The van der Waals surface area contributed by atoms with E-state index in [-0.39, 0.29) is 12.2 Å². The van der Waals surface area contributed by atoms with Gasteiger partial charge in [-0.05, 0) is 32.8 Å². The standard InChI is InChI=1S/C18H26O5/c1-5-13(19)14-15(16-17(21-14)23-18(3,4)22-16)20-10-12-8-6-11(2)7-9-12/h6-9,13-17,19H,5,10H2,1-4H3/t13-,14-,15+,16-,17-/m1/s1. The van der Waals surface area contributed by atoms with E-state index in [0.29, 0.717) is 13.0 Å². The molecule has 0 aliphatic carbocycles. The largest absolute Gasteiger partial charge is 0.390 e. The average molecular weight is 322 g/mol. The lowest BCUT2D eigenvalue weighted by Crippen LogP contribution is -2.42. The Balaban J connectivity index is 1.71. The molecule has 2 fully saturated rings. The van der Waals surface area contributed by atoms with Crippen molar-refractivity contribution in [1.29, 1.82) is 0 Å². The molecule has 23 heavy (non-hydrogen) atoms. The van der Waals surface area contributed by atoms with Crippen molar-refractivity contribution in [3.05, 3.63) is 35.4 Å². The van der Waals surface area contributed by atoms with Gasteiger partial charge in [-0.15, -0.1) is 0 Å². The third-order valence-electron chi connectivity index (χ3n) is 4.39. The molecule has 0 spiro atoms. The number of ether oxygens (including phenoxy) is 4. The number of benzene rings is 1. The third-order valence-corrected chi connectivity index (χ3v) is 4.39. The van der Waals surface area contributed by atoms with E-state index in [2.05, 4.69) is 19.1 Å². The van der Waals surface area contributed by atoms with Gasteiger partial charge in [0, 0.05) is 0 Å². The summed E-state index contributed by atoms with van der Waals surface area (Å²) in [4.78, 5) is 0. The molecule has 2 aliphatic rings. The Hall–Kier alpha value is -0.980. The molecule has 1 aromatic rings. The number of hydrogen-bond donors (Lipinski definition) is 1. The van der Waals surface area contributed by atoms with Gasteiger partial charge in [0.05, 0.1) is 12.7 Å². The van der Waals surface area contributed by atoms with Crippen LogP contribution in [0.2, 0.25) is 0 Å². The number of aliphatic hydroxyl groups is 1. The van der Waals surface area contributed by atoms with Gasteiger partial charge in [-0.2, -0.15) is 0 Å². The topological polar surface area (TPSA) is 57.2 Å². The summed E-state index contributed by atoms with van der Waals surface area (Å²) >= 11 is 0. The van der Waals surface area contributed by atoms with Crippen LogP contribution < -0.4 is 0 Å². The van der Waals surface area contributed by atoms with Crippen LogP contribution in [0.1, 0.15) is 38.3 Å². The minimum Gasteiger partial charge on any atom is -0.390 e. The molecule has 5 nitrogen and oxygen atoms in total. The smallest absolute Gasteiger partial charge is 0.190 e. The zero-order chi connectivity index (χ0) is 16.6. The Morgan fingerprint density at radius 2 is 1.91 bits per heavy atom. The van der Waals surface area contributed by atoms with Crippen molar-refractivity contribution in [3.8, 4) is 0 Å². The van der Waals surface area contributed by atoms with Crippen LogP contribution in [0.5, 0.6) is 0 Å². The minimum absolute atomic E-state index is 0.318. The second kappa shape index (κ2) is 6.49. The Labute approximate surface area is 137 Å². The van der Waals surface area contributed by atoms with Crippen molar-refractivity contribution in [2.45, 2.75) is 77.2 Å². The van der Waals surface area contributed by atoms with Crippen LogP contribution in [0.4, 0.5) is 0 Å². The molecule has 0 radical (unpaired) electrons. The van der Waals surface area contributed by atoms with Crippen LogP contribution in [0.15, 0.2) is 24.3 Å². The zero-order valence-electron chi connectivity index (χ0n) is 14.2. The summed E-state index contributed by atoms with van der Waals surface area (Å²) in [5.74, 6) is -0.692. The summed E-state index contributed by atoms with van der Waals surface area (Å²) in [5.41, 5.74) is 2.30. The summed E-state index contributed by atoms with van der Waals surface area (Å²) in [6.07, 6.45) is -1.59. The first kappa shape index (κ1) is 16.9. The SMILES string of the molecule is CC[C@@H](O)[C@H]1O[C@@H]2OC(C)(C)O[C@@H]2[C@H]1OCc1ccc(C)cc1. The number of hydrogen-bond acceptors (Lipinski definition) is 5. The fourth-order valence-corrected chi connectivity index (χ4v) is 3.11. The Kier molecular flexibility index (Phi) is 4.76. The molecule has 128 valence electrons. The average Bonchev–Trinajstić information content (AvgIpc) is 2.98. The van der Waals surface area contributed by atoms with E-state index in [1.54, 1.807) is 0 Å². The van der Waals surface area contributed by atoms with Gasteiger partial charge < -0.3 is 24.1 Å². The summed E-state index contributed by atoms with van der Waals surface area (Å²) in [5, 5.41) is 10.2. The van der Waals surface area contributed by atoms with Crippen LogP contribution >= 0.6 is 0 Å².